The normalized spacial score (nSPS) is 11.2. The molecule has 0 saturated heterocycles. The SMILES string of the molecule is CON=C(C(=O)O)c1cccc(CSc2nnc(COc3ccccc3[N+](=O)[O-])o2)c1. The van der Waals surface area contributed by atoms with E-state index < -0.39 is 10.9 Å². The summed E-state index contributed by atoms with van der Waals surface area (Å²) in [5.74, 6) is -0.509. The smallest absolute Gasteiger partial charge is 0.358 e. The average Bonchev–Trinajstić information content (AvgIpc) is 3.22. The number of carboxylic acids is 1. The Morgan fingerprint density at radius 1 is 1.26 bits per heavy atom. The fourth-order valence-corrected chi connectivity index (χ4v) is 3.21. The third-order valence-corrected chi connectivity index (χ3v) is 4.70. The molecule has 0 bridgehead atoms. The van der Waals surface area contributed by atoms with Crippen LogP contribution in [-0.2, 0) is 22.0 Å². The molecule has 0 aliphatic heterocycles. The quantitative estimate of drug-likeness (QED) is 0.213. The van der Waals surface area contributed by atoms with Crippen LogP contribution in [0, 0.1) is 10.1 Å². The number of nitrogens with zero attached hydrogens (tertiary/aromatic N) is 4. The molecule has 0 aliphatic carbocycles. The number of aromatic nitrogens is 2. The van der Waals surface area contributed by atoms with Crippen LogP contribution in [0.15, 0.2) is 63.3 Å². The van der Waals surface area contributed by atoms with Crippen molar-refractivity contribution in [1.29, 1.82) is 0 Å². The van der Waals surface area contributed by atoms with Crippen molar-refractivity contribution in [2.45, 2.75) is 17.6 Å². The van der Waals surface area contributed by atoms with Crippen molar-refractivity contribution in [3.05, 3.63) is 75.7 Å². The summed E-state index contributed by atoms with van der Waals surface area (Å²) >= 11 is 1.24. The summed E-state index contributed by atoms with van der Waals surface area (Å²) < 4.78 is 10.9. The Morgan fingerprint density at radius 2 is 2.06 bits per heavy atom. The molecule has 0 amide bonds. The lowest BCUT2D eigenvalue weighted by Crippen LogP contribution is -2.15. The van der Waals surface area contributed by atoms with Crippen LogP contribution in [-0.4, -0.2) is 39.0 Å². The van der Waals surface area contributed by atoms with E-state index in [0.717, 1.165) is 5.56 Å². The number of hydrogen-bond acceptors (Lipinski definition) is 10. The van der Waals surface area contributed by atoms with Crippen molar-refractivity contribution in [1.82, 2.24) is 10.2 Å². The molecular weight excluding hydrogens is 428 g/mol. The third-order valence-electron chi connectivity index (χ3n) is 3.81. The highest BCUT2D eigenvalue weighted by atomic mass is 32.2. The Morgan fingerprint density at radius 3 is 2.81 bits per heavy atom. The monoisotopic (exact) mass is 444 g/mol. The molecule has 2 aromatic carbocycles. The maximum absolute atomic E-state index is 11.3. The van der Waals surface area contributed by atoms with Crippen LogP contribution in [0.25, 0.3) is 0 Å². The number of nitro groups is 1. The molecule has 0 atom stereocenters. The van der Waals surface area contributed by atoms with Gasteiger partial charge in [0, 0.05) is 17.4 Å². The van der Waals surface area contributed by atoms with Gasteiger partial charge in [0.05, 0.1) is 4.92 Å². The number of aliphatic carboxylic acids is 1. The van der Waals surface area contributed by atoms with Crippen molar-refractivity contribution in [3.8, 4) is 5.75 Å². The lowest BCUT2D eigenvalue weighted by atomic mass is 10.1. The van der Waals surface area contributed by atoms with Gasteiger partial charge in [-0.25, -0.2) is 4.79 Å². The second kappa shape index (κ2) is 10.2. The number of carbonyl (C=O) groups is 1. The zero-order valence-electron chi connectivity index (χ0n) is 16.1. The van der Waals surface area contributed by atoms with Gasteiger partial charge in [-0.3, -0.25) is 10.1 Å². The molecule has 1 N–H and O–H groups in total. The number of hydrogen-bond donors (Lipinski definition) is 1. The summed E-state index contributed by atoms with van der Waals surface area (Å²) in [5.41, 5.74) is 0.843. The van der Waals surface area contributed by atoms with Crippen molar-refractivity contribution < 1.29 is 28.8 Å². The van der Waals surface area contributed by atoms with Gasteiger partial charge >= 0.3 is 11.7 Å². The fraction of sp³-hybridized carbons (Fsp3) is 0.158. The second-order valence-electron chi connectivity index (χ2n) is 5.89. The molecule has 0 saturated carbocycles. The van der Waals surface area contributed by atoms with Crippen molar-refractivity contribution in [3.63, 3.8) is 0 Å². The molecule has 1 heterocycles. The van der Waals surface area contributed by atoms with Gasteiger partial charge in [-0.15, -0.1) is 10.2 Å². The lowest BCUT2D eigenvalue weighted by molar-refractivity contribution is -0.386. The number of para-hydroxylation sites is 2. The van der Waals surface area contributed by atoms with Gasteiger partial charge in [-0.2, -0.15) is 0 Å². The molecule has 3 aromatic rings. The van der Waals surface area contributed by atoms with E-state index in [0.29, 0.717) is 11.3 Å². The Balaban J connectivity index is 1.61. The van der Waals surface area contributed by atoms with Gasteiger partial charge in [0.2, 0.25) is 0 Å². The first kappa shape index (κ1) is 21.8. The van der Waals surface area contributed by atoms with Crippen molar-refractivity contribution >= 4 is 29.1 Å². The molecule has 1 aromatic heterocycles. The number of thioether (sulfide) groups is 1. The number of rotatable bonds is 10. The van der Waals surface area contributed by atoms with Gasteiger partial charge in [0.25, 0.3) is 11.1 Å². The van der Waals surface area contributed by atoms with E-state index in [1.165, 1.54) is 31.0 Å². The van der Waals surface area contributed by atoms with E-state index in [1.54, 1.807) is 30.3 Å². The van der Waals surface area contributed by atoms with E-state index in [-0.39, 0.29) is 34.9 Å². The van der Waals surface area contributed by atoms with Crippen LogP contribution in [0.5, 0.6) is 5.75 Å². The maximum atomic E-state index is 11.3. The summed E-state index contributed by atoms with van der Waals surface area (Å²) in [7, 11) is 1.27. The van der Waals surface area contributed by atoms with Crippen molar-refractivity contribution in [2.75, 3.05) is 7.11 Å². The van der Waals surface area contributed by atoms with Crippen LogP contribution in [0.3, 0.4) is 0 Å². The van der Waals surface area contributed by atoms with Gasteiger partial charge < -0.3 is 19.1 Å². The number of nitro benzene ring substituents is 1. The summed E-state index contributed by atoms with van der Waals surface area (Å²) in [6.07, 6.45) is 0. The number of carboxylic acid groups (broad SMARTS) is 1. The number of ether oxygens (including phenoxy) is 1. The van der Waals surface area contributed by atoms with E-state index in [1.807, 2.05) is 6.07 Å². The summed E-state index contributed by atoms with van der Waals surface area (Å²) in [4.78, 5) is 26.4. The first-order valence-corrected chi connectivity index (χ1v) is 9.71. The van der Waals surface area contributed by atoms with Crippen LogP contribution in [0.4, 0.5) is 5.69 Å². The summed E-state index contributed by atoms with van der Waals surface area (Å²) in [6.45, 7) is -0.122. The zero-order chi connectivity index (χ0) is 22.2. The summed E-state index contributed by atoms with van der Waals surface area (Å²) in [6, 6.07) is 12.8. The highest BCUT2D eigenvalue weighted by molar-refractivity contribution is 7.98. The average molecular weight is 444 g/mol. The molecule has 31 heavy (non-hydrogen) atoms. The van der Waals surface area contributed by atoms with Crippen LogP contribution in [0.2, 0.25) is 0 Å². The van der Waals surface area contributed by atoms with E-state index >= 15 is 0 Å². The minimum absolute atomic E-state index is 0.101. The number of oxime groups is 1. The molecule has 0 radical (unpaired) electrons. The second-order valence-corrected chi connectivity index (χ2v) is 6.82. The highest BCUT2D eigenvalue weighted by Crippen LogP contribution is 2.27. The molecule has 11 nitrogen and oxygen atoms in total. The van der Waals surface area contributed by atoms with E-state index in [9.17, 15) is 20.0 Å². The molecule has 0 aliphatic rings. The largest absolute Gasteiger partial charge is 0.477 e. The van der Waals surface area contributed by atoms with Gasteiger partial charge in [0.15, 0.2) is 18.1 Å². The number of benzene rings is 2. The Kier molecular flexibility index (Phi) is 7.17. The maximum Gasteiger partial charge on any atom is 0.358 e. The van der Waals surface area contributed by atoms with Crippen LogP contribution < -0.4 is 4.74 Å². The standard InChI is InChI=1S/C19H16N4O7S/c1-28-22-17(18(24)25)13-6-4-5-12(9-13)11-31-19-21-20-16(30-19)10-29-15-8-3-2-7-14(15)23(26)27/h2-9H,10-11H2,1H3,(H,24,25). The highest BCUT2D eigenvalue weighted by Gasteiger charge is 2.16. The Bertz CT molecular complexity index is 1120. The molecule has 12 heteroatoms. The third kappa shape index (κ3) is 5.79. The van der Waals surface area contributed by atoms with Gasteiger partial charge in [-0.05, 0) is 17.7 Å². The molecule has 0 spiro atoms. The molecule has 0 unspecified atom stereocenters. The predicted octanol–water partition coefficient (Wildman–Crippen LogP) is 3.28. The first-order chi connectivity index (χ1) is 15.0. The molecule has 160 valence electrons. The van der Waals surface area contributed by atoms with Crippen LogP contribution >= 0.6 is 11.8 Å². The van der Waals surface area contributed by atoms with Gasteiger partial charge in [-0.1, -0.05) is 47.2 Å². The fourth-order valence-electron chi connectivity index (χ4n) is 2.48. The molecular formula is C19H16N4O7S. The lowest BCUT2D eigenvalue weighted by Gasteiger charge is -2.04. The minimum Gasteiger partial charge on any atom is -0.477 e. The van der Waals surface area contributed by atoms with Crippen molar-refractivity contribution in [2.24, 2.45) is 5.16 Å². The molecule has 3 rings (SSSR count). The van der Waals surface area contributed by atoms with E-state index in [2.05, 4.69) is 20.2 Å². The summed E-state index contributed by atoms with van der Waals surface area (Å²) in [5, 5.41) is 31.8. The van der Waals surface area contributed by atoms with Gasteiger partial charge in [0.1, 0.15) is 7.11 Å². The van der Waals surface area contributed by atoms with E-state index in [4.69, 9.17) is 9.15 Å². The molecule has 0 fully saturated rings. The van der Waals surface area contributed by atoms with Crippen LogP contribution in [0.1, 0.15) is 17.0 Å². The topological polar surface area (TPSA) is 150 Å². The first-order valence-electron chi connectivity index (χ1n) is 8.73. The zero-order valence-corrected chi connectivity index (χ0v) is 16.9. The Labute approximate surface area is 179 Å². The minimum atomic E-state index is -1.20. The predicted molar refractivity (Wildman–Crippen MR) is 109 cm³/mol. The Hall–Kier alpha value is -3.93.